The molecule has 6 heteroatoms. The lowest BCUT2D eigenvalue weighted by atomic mass is 10.1. The first-order chi connectivity index (χ1) is 9.45. The lowest BCUT2D eigenvalue weighted by Gasteiger charge is -2.23. The average Bonchev–Trinajstić information content (AvgIpc) is 2.69. The number of carbonyl (C=O) groups excluding carboxylic acids is 3. The predicted octanol–water partition coefficient (Wildman–Crippen LogP) is 2.39. The average molecular weight is 294 g/mol. The Morgan fingerprint density at radius 3 is 2.60 bits per heavy atom. The number of amides is 2. The second kappa shape index (κ2) is 5.83. The van der Waals surface area contributed by atoms with E-state index in [0.29, 0.717) is 17.7 Å². The van der Waals surface area contributed by atoms with E-state index in [1.807, 2.05) is 31.4 Å². The van der Waals surface area contributed by atoms with E-state index >= 15 is 0 Å². The van der Waals surface area contributed by atoms with Gasteiger partial charge in [-0.05, 0) is 26.8 Å². The highest BCUT2D eigenvalue weighted by Gasteiger charge is 2.29. The maximum Gasteiger partial charge on any atom is 0.288 e. The molecule has 5 nitrogen and oxygen atoms in total. The zero-order valence-electron chi connectivity index (χ0n) is 11.9. The Kier molecular flexibility index (Phi) is 4.32. The van der Waals surface area contributed by atoms with Gasteiger partial charge in [-0.15, -0.1) is 0 Å². The van der Waals surface area contributed by atoms with E-state index in [0.717, 1.165) is 34.6 Å². The molecule has 0 bridgehead atoms. The zero-order valence-corrected chi connectivity index (χ0v) is 12.7. The molecule has 2 rings (SSSR count). The van der Waals surface area contributed by atoms with Gasteiger partial charge in [-0.2, -0.15) is 0 Å². The van der Waals surface area contributed by atoms with Gasteiger partial charge in [0.1, 0.15) is 0 Å². The van der Waals surface area contributed by atoms with Crippen LogP contribution in [0.5, 0.6) is 0 Å². The molecule has 2 heterocycles. The third kappa shape index (κ3) is 2.65. The minimum atomic E-state index is -0.320. The summed E-state index contributed by atoms with van der Waals surface area (Å²) in [6, 6.07) is 1.83. The van der Waals surface area contributed by atoms with Gasteiger partial charge in [-0.3, -0.25) is 19.3 Å². The molecule has 0 aromatic carbocycles. The molecule has 0 N–H and O–H groups in total. The number of ketones is 1. The molecular formula is C14H18N2O3S. The number of hydrogen-bond donors (Lipinski definition) is 0. The van der Waals surface area contributed by atoms with Gasteiger partial charge in [0.15, 0.2) is 5.78 Å². The first-order valence-corrected chi connectivity index (χ1v) is 7.61. The van der Waals surface area contributed by atoms with Crippen molar-refractivity contribution in [2.75, 3.05) is 12.3 Å². The molecule has 1 aliphatic rings. The second-order valence-corrected chi connectivity index (χ2v) is 5.84. The molecule has 0 atom stereocenters. The van der Waals surface area contributed by atoms with Crippen LogP contribution in [0, 0.1) is 13.8 Å². The Balaban J connectivity index is 2.20. The first-order valence-electron chi connectivity index (χ1n) is 6.62. The molecule has 1 aromatic rings. The summed E-state index contributed by atoms with van der Waals surface area (Å²) in [6.07, 6.45) is 0.317. The van der Waals surface area contributed by atoms with Crippen molar-refractivity contribution < 1.29 is 14.4 Å². The summed E-state index contributed by atoms with van der Waals surface area (Å²) in [5, 5.41) is -0.320. The van der Waals surface area contributed by atoms with Crippen LogP contribution in [-0.4, -0.2) is 38.7 Å². The summed E-state index contributed by atoms with van der Waals surface area (Å²) in [5.74, 6) is 0.0700. The molecule has 1 fully saturated rings. The highest BCUT2D eigenvalue weighted by molar-refractivity contribution is 8.13. The van der Waals surface area contributed by atoms with Crippen molar-refractivity contribution >= 4 is 28.7 Å². The summed E-state index contributed by atoms with van der Waals surface area (Å²) < 4.78 is 2.04. The molecule has 1 aliphatic heterocycles. The minimum Gasteiger partial charge on any atom is -0.349 e. The van der Waals surface area contributed by atoms with Crippen LogP contribution in [-0.2, 0) is 11.3 Å². The fraction of sp³-hybridized carbons (Fsp3) is 0.500. The number of aromatic nitrogens is 1. The van der Waals surface area contributed by atoms with Gasteiger partial charge in [0.2, 0.25) is 5.91 Å². The summed E-state index contributed by atoms with van der Waals surface area (Å²) in [6.45, 7) is 6.49. The Bertz CT molecular complexity index is 561. The van der Waals surface area contributed by atoms with Crippen molar-refractivity contribution in [1.29, 1.82) is 0 Å². The first kappa shape index (κ1) is 14.8. The van der Waals surface area contributed by atoms with E-state index in [4.69, 9.17) is 0 Å². The molecule has 1 aromatic heterocycles. The number of rotatable bonds is 4. The number of hydrogen-bond acceptors (Lipinski definition) is 4. The van der Waals surface area contributed by atoms with E-state index in [2.05, 4.69) is 0 Å². The number of carbonyl (C=O) groups is 3. The van der Waals surface area contributed by atoms with Crippen LogP contribution in [0.4, 0.5) is 4.79 Å². The highest BCUT2D eigenvalue weighted by atomic mass is 32.2. The Labute approximate surface area is 122 Å². The lowest BCUT2D eigenvalue weighted by Crippen LogP contribution is -2.41. The van der Waals surface area contributed by atoms with Crippen LogP contribution in [0.3, 0.4) is 0 Å². The smallest absolute Gasteiger partial charge is 0.288 e. The summed E-state index contributed by atoms with van der Waals surface area (Å²) >= 11 is 1.09. The predicted molar refractivity (Wildman–Crippen MR) is 78.1 cm³/mol. The van der Waals surface area contributed by atoms with E-state index in [9.17, 15) is 14.4 Å². The molecule has 2 amide bonds. The molecular weight excluding hydrogens is 276 g/mol. The van der Waals surface area contributed by atoms with Gasteiger partial charge < -0.3 is 4.57 Å². The summed E-state index contributed by atoms with van der Waals surface area (Å²) in [5.41, 5.74) is 2.50. The van der Waals surface area contributed by atoms with Crippen molar-refractivity contribution in [3.05, 3.63) is 23.0 Å². The van der Waals surface area contributed by atoms with E-state index in [1.165, 1.54) is 0 Å². The normalized spacial score (nSPS) is 15.8. The number of nitrogens with zero attached hydrogens (tertiary/aromatic N) is 2. The summed E-state index contributed by atoms with van der Waals surface area (Å²) in [4.78, 5) is 36.8. The van der Waals surface area contributed by atoms with Crippen LogP contribution < -0.4 is 0 Å². The van der Waals surface area contributed by atoms with Gasteiger partial charge in [0.05, 0.1) is 6.54 Å². The molecule has 20 heavy (non-hydrogen) atoms. The summed E-state index contributed by atoms with van der Waals surface area (Å²) in [7, 11) is 0. The quantitative estimate of drug-likeness (QED) is 0.800. The van der Waals surface area contributed by atoms with Gasteiger partial charge in [0.25, 0.3) is 5.24 Å². The maximum atomic E-state index is 12.3. The Morgan fingerprint density at radius 1 is 1.35 bits per heavy atom. The molecule has 0 saturated carbocycles. The minimum absolute atomic E-state index is 0.154. The van der Waals surface area contributed by atoms with E-state index in [-0.39, 0.29) is 23.5 Å². The Hall–Kier alpha value is -1.56. The van der Waals surface area contributed by atoms with Crippen molar-refractivity contribution in [2.45, 2.75) is 33.7 Å². The third-order valence-corrected chi connectivity index (χ3v) is 4.43. The third-order valence-electron chi connectivity index (χ3n) is 3.55. The number of Topliss-reactive ketones (excluding diaryl/α,β-unsaturated/α-hetero) is 1. The van der Waals surface area contributed by atoms with Crippen molar-refractivity contribution in [2.24, 2.45) is 0 Å². The van der Waals surface area contributed by atoms with Crippen LogP contribution >= 0.6 is 11.8 Å². The van der Waals surface area contributed by atoms with E-state index in [1.54, 1.807) is 0 Å². The number of aryl methyl sites for hydroxylation is 1. The van der Waals surface area contributed by atoms with Gasteiger partial charge in [0, 0.05) is 35.7 Å². The van der Waals surface area contributed by atoms with Crippen LogP contribution in [0.25, 0.3) is 0 Å². The standard InChI is InChI=1S/C14H18N2O3S/c1-4-15-9(2)7-11(10(15)3)12(17)8-16-13(18)5-6-20-14(16)19/h7H,4-6,8H2,1-3H3. The van der Waals surface area contributed by atoms with Crippen LogP contribution in [0.2, 0.25) is 0 Å². The zero-order chi connectivity index (χ0) is 14.9. The molecule has 0 unspecified atom stereocenters. The largest absolute Gasteiger partial charge is 0.349 e. The topological polar surface area (TPSA) is 59.4 Å². The maximum absolute atomic E-state index is 12.3. The molecule has 0 aliphatic carbocycles. The van der Waals surface area contributed by atoms with E-state index < -0.39 is 0 Å². The SMILES string of the molecule is CCn1c(C)cc(C(=O)CN2C(=O)CCSC2=O)c1C. The highest BCUT2D eigenvalue weighted by Crippen LogP contribution is 2.21. The molecule has 108 valence electrons. The molecule has 0 spiro atoms. The fourth-order valence-corrected chi connectivity index (χ4v) is 3.27. The lowest BCUT2D eigenvalue weighted by molar-refractivity contribution is -0.127. The Morgan fingerprint density at radius 2 is 2.05 bits per heavy atom. The molecule has 0 radical (unpaired) electrons. The number of thioether (sulfide) groups is 1. The van der Waals surface area contributed by atoms with Crippen molar-refractivity contribution in [3.63, 3.8) is 0 Å². The monoisotopic (exact) mass is 294 g/mol. The van der Waals surface area contributed by atoms with Gasteiger partial charge in [-0.1, -0.05) is 11.8 Å². The van der Waals surface area contributed by atoms with Crippen LogP contribution in [0.1, 0.15) is 35.1 Å². The number of imide groups is 1. The van der Waals surface area contributed by atoms with Gasteiger partial charge >= 0.3 is 0 Å². The fourth-order valence-electron chi connectivity index (χ4n) is 2.49. The second-order valence-electron chi connectivity index (χ2n) is 4.80. The molecule has 1 saturated heterocycles. The van der Waals surface area contributed by atoms with Gasteiger partial charge in [-0.25, -0.2) is 0 Å². The van der Waals surface area contributed by atoms with Crippen molar-refractivity contribution in [3.8, 4) is 0 Å². The van der Waals surface area contributed by atoms with Crippen LogP contribution in [0.15, 0.2) is 6.07 Å². The van der Waals surface area contributed by atoms with Crippen molar-refractivity contribution in [1.82, 2.24) is 9.47 Å².